The van der Waals surface area contributed by atoms with Gasteiger partial charge < -0.3 is 4.79 Å². The third-order valence-corrected chi connectivity index (χ3v) is 1.45. The zero-order chi connectivity index (χ0) is 5.98. The van der Waals surface area contributed by atoms with Gasteiger partial charge in [0.15, 0.2) is 0 Å². The van der Waals surface area contributed by atoms with Crippen molar-refractivity contribution in [3.8, 4) is 0 Å². The molecular weight excluding hydrogens is 107 g/mol. The molecule has 0 amide bonds. The molecule has 1 rings (SSSR count). The number of aldehydes is 1. The molecule has 1 unspecified atom stereocenters. The first-order valence-electron chi connectivity index (χ1n) is 2.92. The predicted molar refractivity (Wildman–Crippen MR) is 28.3 cm³/mol. The van der Waals surface area contributed by atoms with E-state index in [0.29, 0.717) is 6.29 Å². The molecule has 0 saturated heterocycles. The Morgan fingerprint density at radius 3 is 2.75 bits per heavy atom. The van der Waals surface area contributed by atoms with Crippen LogP contribution in [0, 0.1) is 5.92 Å². The van der Waals surface area contributed by atoms with Crippen LogP contribution in [0.3, 0.4) is 0 Å². The minimum Gasteiger partial charge on any atom is -0.303 e. The average Bonchev–Trinajstić information content (AvgIpc) is 2.45. The van der Waals surface area contributed by atoms with E-state index in [-0.39, 0.29) is 12.3 Å². The Morgan fingerprint density at radius 2 is 2.38 bits per heavy atom. The molecule has 1 atom stereocenters. The van der Waals surface area contributed by atoms with Crippen molar-refractivity contribution in [3.05, 3.63) is 0 Å². The van der Waals surface area contributed by atoms with E-state index in [9.17, 15) is 9.18 Å². The Kier molecular flexibility index (Phi) is 1.61. The number of carbonyl (C=O) groups is 1. The van der Waals surface area contributed by atoms with Gasteiger partial charge in [0.05, 0.1) is 0 Å². The lowest BCUT2D eigenvalue weighted by Gasteiger charge is -1.96. The first-order valence-corrected chi connectivity index (χ1v) is 2.92. The third kappa shape index (κ3) is 1.29. The lowest BCUT2D eigenvalue weighted by molar-refractivity contribution is -0.108. The summed E-state index contributed by atoms with van der Waals surface area (Å²) in [4.78, 5) is 9.71. The number of alkyl halides is 1. The van der Waals surface area contributed by atoms with E-state index in [1.54, 1.807) is 0 Å². The van der Waals surface area contributed by atoms with Crippen LogP contribution in [0.25, 0.3) is 0 Å². The average molecular weight is 116 g/mol. The fourth-order valence-electron chi connectivity index (χ4n) is 0.742. The summed E-state index contributed by atoms with van der Waals surface area (Å²) in [7, 11) is 0. The maximum atomic E-state index is 12.4. The summed E-state index contributed by atoms with van der Waals surface area (Å²) in [5, 5.41) is 0. The fourth-order valence-corrected chi connectivity index (χ4v) is 0.742. The second-order valence-electron chi connectivity index (χ2n) is 2.26. The zero-order valence-corrected chi connectivity index (χ0v) is 4.64. The minimum absolute atomic E-state index is 0.102. The van der Waals surface area contributed by atoms with Gasteiger partial charge >= 0.3 is 0 Å². The quantitative estimate of drug-likeness (QED) is 0.508. The largest absolute Gasteiger partial charge is 0.303 e. The van der Waals surface area contributed by atoms with Gasteiger partial charge in [-0.25, -0.2) is 4.39 Å². The summed E-state index contributed by atoms with van der Waals surface area (Å²) >= 11 is 0. The van der Waals surface area contributed by atoms with Gasteiger partial charge in [0.2, 0.25) is 0 Å². The van der Waals surface area contributed by atoms with Crippen LogP contribution in [0.15, 0.2) is 0 Å². The molecule has 46 valence electrons. The lowest BCUT2D eigenvalue weighted by atomic mass is 10.2. The number of hydrogen-bond acceptors (Lipinski definition) is 1. The van der Waals surface area contributed by atoms with Crippen molar-refractivity contribution in [1.29, 1.82) is 0 Å². The third-order valence-electron chi connectivity index (χ3n) is 1.45. The topological polar surface area (TPSA) is 17.1 Å². The molecule has 0 N–H and O–H groups in total. The maximum Gasteiger partial charge on any atom is 0.122 e. The SMILES string of the molecule is O=CCC(F)C1CC1. The number of halogens is 1. The number of rotatable bonds is 3. The normalized spacial score (nSPS) is 22.6. The highest BCUT2D eigenvalue weighted by atomic mass is 19.1. The van der Waals surface area contributed by atoms with Crippen LogP contribution in [0.5, 0.6) is 0 Å². The van der Waals surface area contributed by atoms with E-state index in [1.807, 2.05) is 0 Å². The summed E-state index contributed by atoms with van der Waals surface area (Å²) in [5.41, 5.74) is 0. The van der Waals surface area contributed by atoms with Crippen molar-refractivity contribution in [1.82, 2.24) is 0 Å². The van der Waals surface area contributed by atoms with Gasteiger partial charge in [-0.05, 0) is 18.8 Å². The molecule has 1 aliphatic rings. The molecule has 0 radical (unpaired) electrons. The van der Waals surface area contributed by atoms with Crippen LogP contribution in [-0.2, 0) is 4.79 Å². The summed E-state index contributed by atoms with van der Waals surface area (Å²) in [5.74, 6) is 0.222. The molecule has 8 heavy (non-hydrogen) atoms. The second kappa shape index (κ2) is 2.25. The van der Waals surface area contributed by atoms with Gasteiger partial charge in [0, 0.05) is 6.42 Å². The van der Waals surface area contributed by atoms with Crippen LogP contribution in [-0.4, -0.2) is 12.5 Å². The van der Waals surface area contributed by atoms with Crippen LogP contribution >= 0.6 is 0 Å². The minimum atomic E-state index is -0.840. The van der Waals surface area contributed by atoms with Gasteiger partial charge in [-0.3, -0.25) is 0 Å². The van der Waals surface area contributed by atoms with Crippen molar-refractivity contribution in [2.45, 2.75) is 25.4 Å². The summed E-state index contributed by atoms with van der Waals surface area (Å²) in [6.07, 6.45) is 1.88. The molecule has 1 saturated carbocycles. The van der Waals surface area contributed by atoms with Crippen molar-refractivity contribution in [3.63, 3.8) is 0 Å². The van der Waals surface area contributed by atoms with Crippen LogP contribution in [0.1, 0.15) is 19.3 Å². The molecule has 0 bridgehead atoms. The number of carbonyl (C=O) groups excluding carboxylic acids is 1. The van der Waals surface area contributed by atoms with Crippen molar-refractivity contribution < 1.29 is 9.18 Å². The molecular formula is C6H9FO. The Morgan fingerprint density at radius 1 is 1.75 bits per heavy atom. The predicted octanol–water partition coefficient (Wildman–Crippen LogP) is 1.32. The fraction of sp³-hybridized carbons (Fsp3) is 0.833. The Hall–Kier alpha value is -0.400. The molecule has 0 aliphatic heterocycles. The van der Waals surface area contributed by atoms with E-state index < -0.39 is 6.17 Å². The first kappa shape index (κ1) is 5.73. The Balaban J connectivity index is 2.12. The van der Waals surface area contributed by atoms with Gasteiger partial charge in [-0.2, -0.15) is 0 Å². The van der Waals surface area contributed by atoms with Gasteiger partial charge in [0.25, 0.3) is 0 Å². The van der Waals surface area contributed by atoms with Crippen molar-refractivity contribution >= 4 is 6.29 Å². The summed E-state index contributed by atoms with van der Waals surface area (Å²) < 4.78 is 12.4. The molecule has 0 aromatic heterocycles. The molecule has 0 heterocycles. The van der Waals surface area contributed by atoms with E-state index in [4.69, 9.17) is 0 Å². The van der Waals surface area contributed by atoms with E-state index >= 15 is 0 Å². The highest BCUT2D eigenvalue weighted by Gasteiger charge is 2.30. The second-order valence-corrected chi connectivity index (χ2v) is 2.26. The van der Waals surface area contributed by atoms with Gasteiger partial charge in [-0.1, -0.05) is 0 Å². The van der Waals surface area contributed by atoms with Gasteiger partial charge in [0.1, 0.15) is 12.5 Å². The van der Waals surface area contributed by atoms with E-state index in [0.717, 1.165) is 12.8 Å². The van der Waals surface area contributed by atoms with Crippen LogP contribution < -0.4 is 0 Å². The molecule has 1 fully saturated rings. The lowest BCUT2D eigenvalue weighted by Crippen LogP contribution is -2.01. The molecule has 0 aromatic carbocycles. The monoisotopic (exact) mass is 116 g/mol. The van der Waals surface area contributed by atoms with Crippen molar-refractivity contribution in [2.24, 2.45) is 5.92 Å². The molecule has 1 aliphatic carbocycles. The maximum absolute atomic E-state index is 12.4. The first-order chi connectivity index (χ1) is 3.84. The van der Waals surface area contributed by atoms with Crippen molar-refractivity contribution in [2.75, 3.05) is 0 Å². The smallest absolute Gasteiger partial charge is 0.122 e. The Bertz CT molecular complexity index is 88.5. The van der Waals surface area contributed by atoms with E-state index in [1.165, 1.54) is 0 Å². The molecule has 0 spiro atoms. The highest BCUT2D eigenvalue weighted by molar-refractivity contribution is 5.50. The van der Waals surface area contributed by atoms with E-state index in [2.05, 4.69) is 0 Å². The Labute approximate surface area is 47.9 Å². The van der Waals surface area contributed by atoms with Crippen LogP contribution in [0.4, 0.5) is 4.39 Å². The summed E-state index contributed by atoms with van der Waals surface area (Å²) in [6, 6.07) is 0. The molecule has 2 heteroatoms. The van der Waals surface area contributed by atoms with Crippen LogP contribution in [0.2, 0.25) is 0 Å². The standard InChI is InChI=1S/C6H9FO/c7-6(3-4-8)5-1-2-5/h4-6H,1-3H2. The van der Waals surface area contributed by atoms with Gasteiger partial charge in [-0.15, -0.1) is 0 Å². The number of hydrogen-bond donors (Lipinski definition) is 0. The summed E-state index contributed by atoms with van der Waals surface area (Å²) in [6.45, 7) is 0. The molecule has 1 nitrogen and oxygen atoms in total. The molecule has 0 aromatic rings. The zero-order valence-electron chi connectivity index (χ0n) is 4.64. The highest BCUT2D eigenvalue weighted by Crippen LogP contribution is 2.35.